The van der Waals surface area contributed by atoms with Crippen molar-refractivity contribution in [1.29, 1.82) is 0 Å². The molecule has 2 rings (SSSR count). The summed E-state index contributed by atoms with van der Waals surface area (Å²) in [5.74, 6) is 0.291. The first-order chi connectivity index (χ1) is 10.0. The summed E-state index contributed by atoms with van der Waals surface area (Å²) in [5.41, 5.74) is 8.70. The number of nitrogens with zero attached hydrogens (tertiary/aromatic N) is 1. The zero-order chi connectivity index (χ0) is 15.4. The third-order valence-electron chi connectivity index (χ3n) is 4.23. The summed E-state index contributed by atoms with van der Waals surface area (Å²) in [5, 5.41) is 3.43. The maximum absolute atomic E-state index is 11.7. The number of carbonyl (C=O) groups excluding carboxylic acids is 1. The first kappa shape index (κ1) is 15.6. The summed E-state index contributed by atoms with van der Waals surface area (Å²) in [6.07, 6.45) is 2.42. The van der Waals surface area contributed by atoms with Crippen LogP contribution in [0.2, 0.25) is 0 Å². The van der Waals surface area contributed by atoms with Gasteiger partial charge >= 0.3 is 5.97 Å². The van der Waals surface area contributed by atoms with Gasteiger partial charge in [-0.25, -0.2) is 4.79 Å². The van der Waals surface area contributed by atoms with Gasteiger partial charge in [-0.3, -0.25) is 0 Å². The number of esters is 1. The lowest BCUT2D eigenvalue weighted by atomic mass is 9.97. The van der Waals surface area contributed by atoms with Gasteiger partial charge in [0.15, 0.2) is 0 Å². The highest BCUT2D eigenvalue weighted by molar-refractivity contribution is 5.97. The molecule has 1 aliphatic rings. The standard InChI is InChI=1S/C16H25N3O2/c1-11-8-13(9-14(15(11)17)16(20)21-3)18-10-12-4-6-19(2)7-5-12/h8-9,12,18H,4-7,10,17H2,1-3H3. The Morgan fingerprint density at radius 1 is 1.43 bits per heavy atom. The Morgan fingerprint density at radius 3 is 2.71 bits per heavy atom. The molecule has 1 aliphatic heterocycles. The lowest BCUT2D eigenvalue weighted by Crippen LogP contribution is -2.33. The fourth-order valence-corrected chi connectivity index (χ4v) is 2.71. The van der Waals surface area contributed by atoms with Crippen molar-refractivity contribution in [2.75, 3.05) is 44.8 Å². The van der Waals surface area contributed by atoms with E-state index < -0.39 is 5.97 Å². The van der Waals surface area contributed by atoms with E-state index in [1.165, 1.54) is 20.0 Å². The van der Waals surface area contributed by atoms with Crippen LogP contribution < -0.4 is 11.1 Å². The number of hydrogen-bond acceptors (Lipinski definition) is 5. The Kier molecular flexibility index (Phi) is 5.07. The number of nitrogen functional groups attached to an aromatic ring is 1. The minimum Gasteiger partial charge on any atom is -0.465 e. The summed E-state index contributed by atoms with van der Waals surface area (Å²) < 4.78 is 4.78. The van der Waals surface area contributed by atoms with Crippen LogP contribution in [-0.2, 0) is 4.74 Å². The van der Waals surface area contributed by atoms with Gasteiger partial charge in [0.05, 0.1) is 12.7 Å². The number of likely N-dealkylation sites (tertiary alicyclic amines) is 1. The van der Waals surface area contributed by atoms with Gasteiger partial charge in [-0.2, -0.15) is 0 Å². The fourth-order valence-electron chi connectivity index (χ4n) is 2.71. The normalized spacial score (nSPS) is 16.7. The van der Waals surface area contributed by atoms with Crippen molar-refractivity contribution in [2.24, 2.45) is 5.92 Å². The summed E-state index contributed by atoms with van der Waals surface area (Å²) in [6.45, 7) is 5.14. The Balaban J connectivity index is 2.03. The largest absolute Gasteiger partial charge is 0.465 e. The van der Waals surface area contributed by atoms with E-state index in [2.05, 4.69) is 17.3 Å². The Morgan fingerprint density at radius 2 is 2.10 bits per heavy atom. The highest BCUT2D eigenvalue weighted by Gasteiger charge is 2.17. The van der Waals surface area contributed by atoms with Crippen molar-refractivity contribution in [3.05, 3.63) is 23.3 Å². The maximum atomic E-state index is 11.7. The molecule has 0 aliphatic carbocycles. The first-order valence-corrected chi connectivity index (χ1v) is 7.42. The molecule has 0 saturated carbocycles. The number of nitrogens with one attached hydrogen (secondary N) is 1. The summed E-state index contributed by atoms with van der Waals surface area (Å²) in [7, 11) is 3.53. The molecule has 0 radical (unpaired) electrons. The first-order valence-electron chi connectivity index (χ1n) is 7.42. The molecule has 3 N–H and O–H groups in total. The maximum Gasteiger partial charge on any atom is 0.340 e. The Bertz CT molecular complexity index is 508. The molecule has 0 aromatic heterocycles. The number of nitrogens with two attached hydrogens (primary N) is 1. The molecular weight excluding hydrogens is 266 g/mol. The van der Waals surface area contributed by atoms with Crippen LogP contribution in [0.3, 0.4) is 0 Å². The van der Waals surface area contributed by atoms with Crippen LogP contribution in [0.4, 0.5) is 11.4 Å². The number of ether oxygens (including phenoxy) is 1. The highest BCUT2D eigenvalue weighted by atomic mass is 16.5. The van der Waals surface area contributed by atoms with E-state index in [-0.39, 0.29) is 0 Å². The number of anilines is 2. The van der Waals surface area contributed by atoms with Gasteiger partial charge in [0.25, 0.3) is 0 Å². The van der Waals surface area contributed by atoms with Gasteiger partial charge in [0.1, 0.15) is 0 Å². The molecule has 1 heterocycles. The van der Waals surface area contributed by atoms with Gasteiger partial charge in [-0.05, 0) is 63.5 Å². The molecule has 5 nitrogen and oxygen atoms in total. The van der Waals surface area contributed by atoms with Crippen LogP contribution >= 0.6 is 0 Å². The monoisotopic (exact) mass is 291 g/mol. The molecule has 0 amide bonds. The van der Waals surface area contributed by atoms with E-state index in [1.54, 1.807) is 6.07 Å². The predicted octanol–water partition coefficient (Wildman–Crippen LogP) is 2.12. The molecule has 0 spiro atoms. The minimum atomic E-state index is -0.390. The average Bonchev–Trinajstić information content (AvgIpc) is 2.49. The van der Waals surface area contributed by atoms with Crippen molar-refractivity contribution < 1.29 is 9.53 Å². The molecule has 0 unspecified atom stereocenters. The van der Waals surface area contributed by atoms with Crippen molar-refractivity contribution >= 4 is 17.3 Å². The van der Waals surface area contributed by atoms with Gasteiger partial charge < -0.3 is 20.7 Å². The number of methoxy groups -OCH3 is 1. The summed E-state index contributed by atoms with van der Waals surface area (Å²) in [6, 6.07) is 3.76. The second-order valence-electron chi connectivity index (χ2n) is 5.87. The Hall–Kier alpha value is -1.75. The van der Waals surface area contributed by atoms with Crippen LogP contribution in [0.1, 0.15) is 28.8 Å². The van der Waals surface area contributed by atoms with E-state index in [0.29, 0.717) is 17.2 Å². The van der Waals surface area contributed by atoms with Crippen molar-refractivity contribution in [3.63, 3.8) is 0 Å². The zero-order valence-electron chi connectivity index (χ0n) is 13.1. The molecule has 0 bridgehead atoms. The number of piperidine rings is 1. The molecule has 0 atom stereocenters. The minimum absolute atomic E-state index is 0.390. The van der Waals surface area contributed by atoms with Crippen molar-refractivity contribution in [2.45, 2.75) is 19.8 Å². The fraction of sp³-hybridized carbons (Fsp3) is 0.562. The van der Waals surface area contributed by atoms with E-state index in [0.717, 1.165) is 30.9 Å². The molecular formula is C16H25N3O2. The van der Waals surface area contributed by atoms with Crippen LogP contribution in [0.5, 0.6) is 0 Å². The summed E-state index contributed by atoms with van der Waals surface area (Å²) in [4.78, 5) is 14.1. The lowest BCUT2D eigenvalue weighted by molar-refractivity contribution is 0.0602. The smallest absolute Gasteiger partial charge is 0.340 e. The molecule has 116 valence electrons. The second kappa shape index (κ2) is 6.80. The highest BCUT2D eigenvalue weighted by Crippen LogP contribution is 2.24. The number of carbonyl (C=O) groups is 1. The second-order valence-corrected chi connectivity index (χ2v) is 5.87. The van der Waals surface area contributed by atoms with Crippen molar-refractivity contribution in [1.82, 2.24) is 4.90 Å². The van der Waals surface area contributed by atoms with Gasteiger partial charge in [-0.15, -0.1) is 0 Å². The van der Waals surface area contributed by atoms with E-state index >= 15 is 0 Å². The van der Waals surface area contributed by atoms with E-state index in [4.69, 9.17) is 10.5 Å². The van der Waals surface area contributed by atoms with Crippen molar-refractivity contribution in [3.8, 4) is 0 Å². The third-order valence-corrected chi connectivity index (χ3v) is 4.23. The van der Waals surface area contributed by atoms with Crippen LogP contribution in [0.25, 0.3) is 0 Å². The zero-order valence-corrected chi connectivity index (χ0v) is 13.1. The number of hydrogen-bond donors (Lipinski definition) is 2. The van der Waals surface area contributed by atoms with Crippen LogP contribution in [0.15, 0.2) is 12.1 Å². The number of aryl methyl sites for hydroxylation is 1. The molecule has 21 heavy (non-hydrogen) atoms. The Labute approximate surface area is 126 Å². The SMILES string of the molecule is COC(=O)c1cc(NCC2CCN(C)CC2)cc(C)c1N. The summed E-state index contributed by atoms with van der Waals surface area (Å²) >= 11 is 0. The van der Waals surface area contributed by atoms with E-state index in [1.807, 2.05) is 13.0 Å². The topological polar surface area (TPSA) is 67.6 Å². The molecule has 5 heteroatoms. The van der Waals surface area contributed by atoms with E-state index in [9.17, 15) is 4.79 Å². The van der Waals surface area contributed by atoms with Crippen LogP contribution in [0, 0.1) is 12.8 Å². The molecule has 1 aromatic carbocycles. The van der Waals surface area contributed by atoms with Gasteiger partial charge in [-0.1, -0.05) is 0 Å². The molecule has 1 saturated heterocycles. The molecule has 1 fully saturated rings. The average molecular weight is 291 g/mol. The molecule has 1 aromatic rings. The number of benzene rings is 1. The number of rotatable bonds is 4. The van der Waals surface area contributed by atoms with Gasteiger partial charge in [0, 0.05) is 17.9 Å². The third kappa shape index (κ3) is 3.88. The van der Waals surface area contributed by atoms with Gasteiger partial charge in [0.2, 0.25) is 0 Å². The van der Waals surface area contributed by atoms with Crippen LogP contribution in [-0.4, -0.2) is 44.7 Å². The lowest BCUT2D eigenvalue weighted by Gasteiger charge is -2.29. The quantitative estimate of drug-likeness (QED) is 0.657. The predicted molar refractivity (Wildman–Crippen MR) is 85.6 cm³/mol.